The van der Waals surface area contributed by atoms with Crippen molar-refractivity contribution in [3.05, 3.63) is 64.5 Å². The fraction of sp³-hybridized carbons (Fsp3) is 0.464. The van der Waals surface area contributed by atoms with E-state index >= 15 is 0 Å². The van der Waals surface area contributed by atoms with E-state index in [-0.39, 0.29) is 11.7 Å². The second-order valence-electron chi connectivity index (χ2n) is 10.3. The first-order valence-electron chi connectivity index (χ1n) is 12.5. The lowest BCUT2D eigenvalue weighted by molar-refractivity contribution is -0.120. The van der Waals surface area contributed by atoms with Crippen molar-refractivity contribution < 1.29 is 9.59 Å². The van der Waals surface area contributed by atoms with Crippen LogP contribution in [0.25, 0.3) is 4.85 Å². The highest BCUT2D eigenvalue weighted by atomic mass is 35.5. The molecule has 3 aliphatic rings. The second-order valence-corrected chi connectivity index (χ2v) is 10.7. The quantitative estimate of drug-likeness (QED) is 0.527. The smallest absolute Gasteiger partial charge is 0.253 e. The van der Waals surface area contributed by atoms with E-state index < -0.39 is 0 Å². The first kappa shape index (κ1) is 23.7. The molecule has 35 heavy (non-hydrogen) atoms. The molecule has 3 saturated heterocycles. The molecule has 3 heterocycles. The van der Waals surface area contributed by atoms with Gasteiger partial charge in [-0.15, -0.1) is 0 Å². The first-order valence-corrected chi connectivity index (χ1v) is 12.8. The Balaban J connectivity index is 1.20. The number of amides is 1. The summed E-state index contributed by atoms with van der Waals surface area (Å²) in [7, 11) is 0. The van der Waals surface area contributed by atoms with E-state index in [2.05, 4.69) is 33.7 Å². The summed E-state index contributed by atoms with van der Waals surface area (Å²) in [6.45, 7) is 13.6. The van der Waals surface area contributed by atoms with Crippen LogP contribution in [0.4, 0.5) is 17.1 Å². The van der Waals surface area contributed by atoms with Gasteiger partial charge in [0, 0.05) is 73.6 Å². The highest BCUT2D eigenvalue weighted by molar-refractivity contribution is 6.33. The monoisotopic (exact) mass is 490 g/mol. The topological polar surface area (TPSA) is 48.2 Å². The standard InChI is InChI=1S/C28H31ClN4O2/c1-20-18-28(19-33(20)23-7-8-26(30-2)25(29)17-23)11-15-31(16-12-28)22-5-3-21(4-6-22)27(35)32-13-9-24(34)10-14-32/h3-8,17,20H,9-16,18-19H2,1H3/t20-/m0/s1. The highest BCUT2D eigenvalue weighted by Crippen LogP contribution is 2.46. The van der Waals surface area contributed by atoms with Crippen LogP contribution in [-0.4, -0.2) is 55.4 Å². The van der Waals surface area contributed by atoms with Crippen LogP contribution in [0.2, 0.25) is 5.02 Å². The third kappa shape index (κ3) is 4.75. The number of piperidine rings is 2. The Hall–Kier alpha value is -3.04. The van der Waals surface area contributed by atoms with Crippen LogP contribution in [-0.2, 0) is 4.79 Å². The van der Waals surface area contributed by atoms with Crippen LogP contribution in [0.3, 0.4) is 0 Å². The number of likely N-dealkylation sites (tertiary alicyclic amines) is 1. The van der Waals surface area contributed by atoms with Gasteiger partial charge in [0.05, 0.1) is 6.57 Å². The molecule has 6 nitrogen and oxygen atoms in total. The number of halogens is 1. The predicted octanol–water partition coefficient (Wildman–Crippen LogP) is 5.58. The molecule has 1 atom stereocenters. The molecule has 0 N–H and O–H groups in total. The molecule has 3 fully saturated rings. The maximum absolute atomic E-state index is 12.8. The molecule has 0 saturated carbocycles. The predicted molar refractivity (Wildman–Crippen MR) is 140 cm³/mol. The van der Waals surface area contributed by atoms with E-state index in [0.29, 0.717) is 53.7 Å². The SMILES string of the molecule is [C-]#[N+]c1ccc(N2CC3(CCN(c4ccc(C(=O)N5CCC(=O)CC5)cc4)CC3)C[C@@H]2C)cc1Cl. The average molecular weight is 491 g/mol. The first-order chi connectivity index (χ1) is 16.9. The van der Waals surface area contributed by atoms with E-state index in [9.17, 15) is 9.59 Å². The van der Waals surface area contributed by atoms with Crippen molar-refractivity contribution >= 4 is 40.4 Å². The zero-order chi connectivity index (χ0) is 24.6. The molecule has 2 aromatic rings. The maximum atomic E-state index is 12.8. The lowest BCUT2D eigenvalue weighted by Gasteiger charge is -2.40. The van der Waals surface area contributed by atoms with Crippen molar-refractivity contribution in [2.75, 3.05) is 42.5 Å². The van der Waals surface area contributed by atoms with Crippen molar-refractivity contribution in [1.29, 1.82) is 0 Å². The van der Waals surface area contributed by atoms with Gasteiger partial charge >= 0.3 is 0 Å². The van der Waals surface area contributed by atoms with Gasteiger partial charge in [0.15, 0.2) is 0 Å². The van der Waals surface area contributed by atoms with E-state index in [1.54, 1.807) is 4.90 Å². The Morgan fingerprint density at radius 2 is 1.69 bits per heavy atom. The Kier molecular flexibility index (Phi) is 6.46. The third-order valence-corrected chi connectivity index (χ3v) is 8.36. The van der Waals surface area contributed by atoms with Crippen LogP contribution in [0, 0.1) is 12.0 Å². The normalized spacial score (nSPS) is 21.9. The number of benzene rings is 2. The van der Waals surface area contributed by atoms with Crippen LogP contribution in [0.15, 0.2) is 42.5 Å². The zero-order valence-electron chi connectivity index (χ0n) is 20.2. The largest absolute Gasteiger partial charge is 0.371 e. The summed E-state index contributed by atoms with van der Waals surface area (Å²) in [4.78, 5) is 34.4. The Morgan fingerprint density at radius 3 is 2.31 bits per heavy atom. The van der Waals surface area contributed by atoms with Crippen LogP contribution >= 0.6 is 11.6 Å². The molecule has 1 spiro atoms. The second kappa shape index (κ2) is 9.54. The van der Waals surface area contributed by atoms with Crippen LogP contribution < -0.4 is 9.80 Å². The third-order valence-electron chi connectivity index (χ3n) is 8.06. The van der Waals surface area contributed by atoms with Crippen LogP contribution in [0.5, 0.6) is 0 Å². The summed E-state index contributed by atoms with van der Waals surface area (Å²) in [6.07, 6.45) is 4.35. The summed E-state index contributed by atoms with van der Waals surface area (Å²) >= 11 is 6.32. The summed E-state index contributed by atoms with van der Waals surface area (Å²) in [6, 6.07) is 14.2. The number of rotatable bonds is 3. The lowest BCUT2D eigenvalue weighted by Crippen LogP contribution is -2.41. The fourth-order valence-corrected chi connectivity index (χ4v) is 6.20. The molecule has 3 aliphatic heterocycles. The summed E-state index contributed by atoms with van der Waals surface area (Å²) in [5.41, 5.74) is 3.76. The van der Waals surface area contributed by atoms with Gasteiger partial charge in [-0.05, 0) is 68.0 Å². The van der Waals surface area contributed by atoms with E-state index in [4.69, 9.17) is 18.2 Å². The molecule has 182 valence electrons. The number of nitrogens with zero attached hydrogens (tertiary/aromatic N) is 4. The van der Waals surface area contributed by atoms with Gasteiger partial charge in [0.1, 0.15) is 5.78 Å². The Bertz CT molecular complexity index is 1150. The molecule has 1 amide bonds. The summed E-state index contributed by atoms with van der Waals surface area (Å²) in [5, 5.41) is 0.524. The summed E-state index contributed by atoms with van der Waals surface area (Å²) in [5.74, 6) is 0.264. The van der Waals surface area contributed by atoms with Crippen LogP contribution in [0.1, 0.15) is 49.4 Å². The molecular weight excluding hydrogens is 460 g/mol. The Morgan fingerprint density at radius 1 is 1.03 bits per heavy atom. The van der Waals surface area contributed by atoms with Gasteiger partial charge in [-0.3, -0.25) is 9.59 Å². The van der Waals surface area contributed by atoms with Gasteiger partial charge in [0.2, 0.25) is 5.69 Å². The number of carbonyl (C=O) groups excluding carboxylic acids is 2. The number of hydrogen-bond acceptors (Lipinski definition) is 4. The molecule has 7 heteroatoms. The van der Waals surface area contributed by atoms with Gasteiger partial charge < -0.3 is 14.7 Å². The molecule has 0 aromatic heterocycles. The number of ketones is 1. The molecule has 0 unspecified atom stereocenters. The van der Waals surface area contributed by atoms with Crippen molar-refractivity contribution in [2.45, 2.75) is 45.1 Å². The minimum Gasteiger partial charge on any atom is -0.371 e. The number of hydrogen-bond donors (Lipinski definition) is 0. The van der Waals surface area contributed by atoms with Crippen molar-refractivity contribution in [3.8, 4) is 0 Å². The number of carbonyl (C=O) groups is 2. The number of Topliss-reactive ketones (excluding diaryl/α,β-unsaturated/α-hetero) is 1. The van der Waals surface area contributed by atoms with Crippen molar-refractivity contribution in [1.82, 2.24) is 4.90 Å². The van der Waals surface area contributed by atoms with Gasteiger partial charge in [-0.25, -0.2) is 4.85 Å². The Labute approximate surface area is 212 Å². The van der Waals surface area contributed by atoms with Crippen molar-refractivity contribution in [2.24, 2.45) is 5.41 Å². The molecular formula is C28H31ClN4O2. The van der Waals surface area contributed by atoms with E-state index in [0.717, 1.165) is 50.3 Å². The highest BCUT2D eigenvalue weighted by Gasteiger charge is 2.44. The zero-order valence-corrected chi connectivity index (χ0v) is 20.9. The molecule has 0 bridgehead atoms. The van der Waals surface area contributed by atoms with Crippen molar-refractivity contribution in [3.63, 3.8) is 0 Å². The average Bonchev–Trinajstić information content (AvgIpc) is 3.20. The van der Waals surface area contributed by atoms with Gasteiger partial charge in [0.25, 0.3) is 5.91 Å². The maximum Gasteiger partial charge on any atom is 0.253 e. The molecule has 0 radical (unpaired) electrons. The van der Waals surface area contributed by atoms with Gasteiger partial charge in [-0.2, -0.15) is 0 Å². The van der Waals surface area contributed by atoms with Gasteiger partial charge in [-0.1, -0.05) is 17.7 Å². The lowest BCUT2D eigenvalue weighted by atomic mass is 9.76. The molecule has 0 aliphatic carbocycles. The fourth-order valence-electron chi connectivity index (χ4n) is 5.99. The minimum atomic E-state index is 0.0196. The minimum absolute atomic E-state index is 0.0196. The molecule has 2 aromatic carbocycles. The van der Waals surface area contributed by atoms with E-state index in [1.807, 2.05) is 30.3 Å². The number of anilines is 2. The van der Waals surface area contributed by atoms with E-state index in [1.165, 1.54) is 0 Å². The summed E-state index contributed by atoms with van der Waals surface area (Å²) < 4.78 is 0. The molecule has 5 rings (SSSR count).